The highest BCUT2D eigenvalue weighted by Crippen LogP contribution is 2.23. The van der Waals surface area contributed by atoms with Crippen molar-refractivity contribution >= 4 is 16.7 Å². The minimum atomic E-state index is -0.411. The van der Waals surface area contributed by atoms with Crippen LogP contribution in [0.15, 0.2) is 36.4 Å². The van der Waals surface area contributed by atoms with Gasteiger partial charge in [-0.05, 0) is 42.8 Å². The smallest absolute Gasteiger partial charge is 0.146 e. The van der Waals surface area contributed by atoms with Crippen LogP contribution in [-0.4, -0.2) is 9.97 Å². The molecule has 3 N–H and O–H groups in total. The van der Waals surface area contributed by atoms with Gasteiger partial charge in [0.25, 0.3) is 0 Å². The number of fused-ring (bicyclic) bond motifs is 1. The Morgan fingerprint density at radius 3 is 2.78 bits per heavy atom. The summed E-state index contributed by atoms with van der Waals surface area (Å²) >= 11 is 0. The lowest BCUT2D eigenvalue weighted by Gasteiger charge is -1.99. The molecule has 0 bridgehead atoms. The SMILES string of the molecule is Cc1ccc2nc(-c3ccc(F)c(N)c3)[nH]c2c1. The fourth-order valence-corrected chi connectivity index (χ4v) is 1.95. The number of anilines is 1. The third-order valence-corrected chi connectivity index (χ3v) is 2.91. The first-order chi connectivity index (χ1) is 8.63. The Kier molecular flexibility index (Phi) is 2.30. The first-order valence-electron chi connectivity index (χ1n) is 5.65. The molecule has 0 saturated carbocycles. The van der Waals surface area contributed by atoms with E-state index in [-0.39, 0.29) is 5.69 Å². The summed E-state index contributed by atoms with van der Waals surface area (Å²) in [7, 11) is 0. The molecule has 4 heteroatoms. The molecular formula is C14H12FN3. The van der Waals surface area contributed by atoms with E-state index in [0.717, 1.165) is 22.2 Å². The van der Waals surface area contributed by atoms with Gasteiger partial charge in [0.05, 0.1) is 16.7 Å². The molecule has 3 aromatic rings. The molecule has 3 nitrogen and oxygen atoms in total. The molecule has 0 unspecified atom stereocenters. The number of hydrogen-bond acceptors (Lipinski definition) is 2. The van der Waals surface area contributed by atoms with Crippen molar-refractivity contribution in [2.75, 3.05) is 5.73 Å². The van der Waals surface area contributed by atoms with Gasteiger partial charge in [-0.3, -0.25) is 0 Å². The lowest BCUT2D eigenvalue weighted by Crippen LogP contribution is -1.91. The van der Waals surface area contributed by atoms with Crippen LogP contribution in [0, 0.1) is 12.7 Å². The van der Waals surface area contributed by atoms with Crippen LogP contribution in [0.3, 0.4) is 0 Å². The summed E-state index contributed by atoms with van der Waals surface area (Å²) in [5.74, 6) is 0.285. The number of aryl methyl sites for hydroxylation is 1. The average molecular weight is 241 g/mol. The van der Waals surface area contributed by atoms with E-state index in [1.165, 1.54) is 6.07 Å². The lowest BCUT2D eigenvalue weighted by molar-refractivity contribution is 0.632. The van der Waals surface area contributed by atoms with Gasteiger partial charge >= 0.3 is 0 Å². The number of nitrogens with two attached hydrogens (primary N) is 1. The van der Waals surface area contributed by atoms with Crippen molar-refractivity contribution in [3.8, 4) is 11.4 Å². The second-order valence-electron chi connectivity index (χ2n) is 4.34. The molecule has 2 aromatic carbocycles. The van der Waals surface area contributed by atoms with Crippen LogP contribution in [0.2, 0.25) is 0 Å². The molecule has 1 heterocycles. The van der Waals surface area contributed by atoms with Crippen LogP contribution in [-0.2, 0) is 0 Å². The molecular weight excluding hydrogens is 229 g/mol. The van der Waals surface area contributed by atoms with Crippen molar-refractivity contribution in [3.63, 3.8) is 0 Å². The molecule has 0 saturated heterocycles. The number of nitrogens with zero attached hydrogens (tertiary/aromatic N) is 1. The maximum atomic E-state index is 13.1. The first kappa shape index (κ1) is 10.8. The van der Waals surface area contributed by atoms with Gasteiger partial charge in [-0.25, -0.2) is 9.37 Å². The number of halogens is 1. The van der Waals surface area contributed by atoms with Crippen LogP contribution in [0.5, 0.6) is 0 Å². The molecule has 18 heavy (non-hydrogen) atoms. The summed E-state index contributed by atoms with van der Waals surface area (Å²) in [5.41, 5.74) is 9.49. The topological polar surface area (TPSA) is 54.7 Å². The zero-order valence-corrected chi connectivity index (χ0v) is 9.87. The number of benzene rings is 2. The van der Waals surface area contributed by atoms with Gasteiger partial charge in [0.1, 0.15) is 11.6 Å². The number of nitrogens with one attached hydrogen (secondary N) is 1. The largest absolute Gasteiger partial charge is 0.396 e. The van der Waals surface area contributed by atoms with E-state index in [4.69, 9.17) is 5.73 Å². The third-order valence-electron chi connectivity index (χ3n) is 2.91. The average Bonchev–Trinajstić information content (AvgIpc) is 2.75. The maximum Gasteiger partial charge on any atom is 0.146 e. The standard InChI is InChI=1S/C14H12FN3/c1-8-2-5-12-13(6-8)18-14(17-12)9-3-4-10(15)11(16)7-9/h2-7H,16H2,1H3,(H,17,18). The van der Waals surface area contributed by atoms with Crippen LogP contribution in [0.1, 0.15) is 5.56 Å². The third kappa shape index (κ3) is 1.72. The van der Waals surface area contributed by atoms with Gasteiger partial charge in [-0.2, -0.15) is 0 Å². The number of rotatable bonds is 1. The monoisotopic (exact) mass is 241 g/mol. The predicted molar refractivity (Wildman–Crippen MR) is 70.6 cm³/mol. The van der Waals surface area contributed by atoms with Crippen molar-refractivity contribution in [2.45, 2.75) is 6.92 Å². The van der Waals surface area contributed by atoms with E-state index in [2.05, 4.69) is 9.97 Å². The highest BCUT2D eigenvalue weighted by Gasteiger charge is 2.07. The van der Waals surface area contributed by atoms with E-state index in [1.54, 1.807) is 12.1 Å². The molecule has 0 aliphatic rings. The van der Waals surface area contributed by atoms with Gasteiger partial charge in [-0.1, -0.05) is 6.07 Å². The Morgan fingerprint density at radius 1 is 1.17 bits per heavy atom. The number of imidazole rings is 1. The number of aromatic amines is 1. The Labute approximate surface area is 103 Å². The number of nitrogen functional groups attached to an aromatic ring is 1. The zero-order valence-electron chi connectivity index (χ0n) is 9.87. The van der Waals surface area contributed by atoms with E-state index in [0.29, 0.717) is 5.82 Å². The summed E-state index contributed by atoms with van der Waals surface area (Å²) in [6.07, 6.45) is 0. The summed E-state index contributed by atoms with van der Waals surface area (Å²) in [5, 5.41) is 0. The van der Waals surface area contributed by atoms with Gasteiger partial charge in [0.2, 0.25) is 0 Å². The van der Waals surface area contributed by atoms with Crippen molar-refractivity contribution in [1.29, 1.82) is 0 Å². The molecule has 0 aliphatic carbocycles. The second kappa shape index (κ2) is 3.84. The summed E-state index contributed by atoms with van der Waals surface area (Å²) in [6.45, 7) is 2.02. The lowest BCUT2D eigenvalue weighted by atomic mass is 10.2. The second-order valence-corrected chi connectivity index (χ2v) is 4.34. The van der Waals surface area contributed by atoms with Crippen molar-refractivity contribution in [1.82, 2.24) is 9.97 Å². The van der Waals surface area contributed by atoms with E-state index in [9.17, 15) is 4.39 Å². The number of aromatic nitrogens is 2. The molecule has 0 atom stereocenters. The Bertz CT molecular complexity index is 731. The van der Waals surface area contributed by atoms with E-state index >= 15 is 0 Å². The van der Waals surface area contributed by atoms with Gasteiger partial charge in [0, 0.05) is 5.56 Å². The maximum absolute atomic E-state index is 13.1. The fourth-order valence-electron chi connectivity index (χ4n) is 1.95. The highest BCUT2D eigenvalue weighted by atomic mass is 19.1. The normalized spacial score (nSPS) is 11.0. The number of hydrogen-bond donors (Lipinski definition) is 2. The van der Waals surface area contributed by atoms with Crippen molar-refractivity contribution in [2.24, 2.45) is 0 Å². The zero-order chi connectivity index (χ0) is 12.7. The van der Waals surface area contributed by atoms with Gasteiger partial charge < -0.3 is 10.7 Å². The molecule has 90 valence electrons. The van der Waals surface area contributed by atoms with E-state index < -0.39 is 5.82 Å². The first-order valence-corrected chi connectivity index (χ1v) is 5.65. The molecule has 3 rings (SSSR count). The molecule has 0 spiro atoms. The fraction of sp³-hybridized carbons (Fsp3) is 0.0714. The van der Waals surface area contributed by atoms with Crippen LogP contribution in [0.4, 0.5) is 10.1 Å². The van der Waals surface area contributed by atoms with E-state index in [1.807, 2.05) is 25.1 Å². The van der Waals surface area contributed by atoms with Crippen LogP contribution in [0.25, 0.3) is 22.4 Å². The molecule has 0 amide bonds. The highest BCUT2D eigenvalue weighted by molar-refractivity contribution is 5.80. The molecule has 0 radical (unpaired) electrons. The Morgan fingerprint density at radius 2 is 2.00 bits per heavy atom. The van der Waals surface area contributed by atoms with Crippen molar-refractivity contribution < 1.29 is 4.39 Å². The minimum Gasteiger partial charge on any atom is -0.396 e. The Hall–Kier alpha value is -2.36. The summed E-state index contributed by atoms with van der Waals surface area (Å²) in [6, 6.07) is 10.6. The van der Waals surface area contributed by atoms with Gasteiger partial charge in [-0.15, -0.1) is 0 Å². The minimum absolute atomic E-state index is 0.129. The van der Waals surface area contributed by atoms with Gasteiger partial charge in [0.15, 0.2) is 0 Å². The van der Waals surface area contributed by atoms with Crippen LogP contribution >= 0.6 is 0 Å². The van der Waals surface area contributed by atoms with Crippen LogP contribution < -0.4 is 5.73 Å². The molecule has 1 aromatic heterocycles. The molecule has 0 aliphatic heterocycles. The predicted octanol–water partition coefficient (Wildman–Crippen LogP) is 3.26. The quantitative estimate of drug-likeness (QED) is 0.642. The van der Waals surface area contributed by atoms with Crippen molar-refractivity contribution in [3.05, 3.63) is 47.8 Å². The molecule has 0 fully saturated rings. The summed E-state index contributed by atoms with van der Waals surface area (Å²) in [4.78, 5) is 7.67. The summed E-state index contributed by atoms with van der Waals surface area (Å²) < 4.78 is 13.1. The Balaban J connectivity index is 2.16. The number of H-pyrrole nitrogens is 1.